The molecule has 9 heavy (non-hydrogen) atoms. The summed E-state index contributed by atoms with van der Waals surface area (Å²) in [5.41, 5.74) is 0. The zero-order chi connectivity index (χ0) is 7.28. The lowest BCUT2D eigenvalue weighted by atomic mass is 10.5. The maximum atomic E-state index is 10.0. The molecule has 3 nitrogen and oxygen atoms in total. The highest BCUT2D eigenvalue weighted by atomic mass is 16.7. The van der Waals surface area contributed by atoms with Crippen molar-refractivity contribution in [1.82, 2.24) is 5.06 Å². The number of amides is 1. The number of hydroxylamine groups is 2. The maximum absolute atomic E-state index is 10.0. The number of hydrogen-bond donors (Lipinski definition) is 0. The van der Waals surface area contributed by atoms with Gasteiger partial charge in [-0.1, -0.05) is 0 Å². The molecule has 0 N–H and O–H groups in total. The fraction of sp³-hybridized carbons (Fsp3) is 0.667. The van der Waals surface area contributed by atoms with Crippen LogP contribution in [0.1, 0.15) is 13.8 Å². The van der Waals surface area contributed by atoms with Crippen molar-refractivity contribution in [2.45, 2.75) is 20.0 Å². The molecule has 0 fully saturated rings. The van der Waals surface area contributed by atoms with Crippen LogP contribution in [-0.4, -0.2) is 24.1 Å². The molecule has 0 heterocycles. The molecule has 0 aromatic carbocycles. The first kappa shape index (κ1) is 8.43. The van der Waals surface area contributed by atoms with Crippen molar-refractivity contribution in [2.24, 2.45) is 0 Å². The molecular formula is C6H12NO2. The van der Waals surface area contributed by atoms with E-state index in [1.54, 1.807) is 0 Å². The lowest BCUT2D eigenvalue weighted by Crippen LogP contribution is -2.25. The maximum Gasteiger partial charge on any atom is 0.233 e. The average Bonchev–Trinajstić information content (AvgIpc) is 1.82. The van der Waals surface area contributed by atoms with Gasteiger partial charge < -0.3 is 0 Å². The third-order valence-electron chi connectivity index (χ3n) is 0.684. The second-order valence-electron chi connectivity index (χ2n) is 1.90. The molecule has 0 aliphatic carbocycles. The molecule has 0 saturated heterocycles. The Kier molecular flexibility index (Phi) is 4.05. The normalized spacial score (nSPS) is 9.78. The summed E-state index contributed by atoms with van der Waals surface area (Å²) in [6.45, 7) is 7.54. The van der Waals surface area contributed by atoms with Crippen molar-refractivity contribution in [3.05, 3.63) is 6.92 Å². The molecule has 53 valence electrons. The number of nitrogens with zero attached hydrogens (tertiary/aromatic N) is 1. The van der Waals surface area contributed by atoms with Gasteiger partial charge in [-0.25, -0.2) is 5.06 Å². The molecular weight excluding hydrogens is 118 g/mol. The second kappa shape index (κ2) is 4.32. The summed E-state index contributed by atoms with van der Waals surface area (Å²) >= 11 is 0. The van der Waals surface area contributed by atoms with Gasteiger partial charge in [-0.3, -0.25) is 9.63 Å². The predicted molar refractivity (Wildman–Crippen MR) is 34.3 cm³/mol. The predicted octanol–water partition coefficient (Wildman–Crippen LogP) is 0.619. The minimum absolute atomic E-state index is 0.0388. The summed E-state index contributed by atoms with van der Waals surface area (Å²) < 4.78 is 0. The average molecular weight is 130 g/mol. The van der Waals surface area contributed by atoms with Gasteiger partial charge in [0.2, 0.25) is 6.41 Å². The number of carbonyl (C=O) groups is 1. The van der Waals surface area contributed by atoms with Crippen LogP contribution in [0, 0.1) is 6.92 Å². The van der Waals surface area contributed by atoms with E-state index in [0.29, 0.717) is 13.0 Å². The summed E-state index contributed by atoms with van der Waals surface area (Å²) in [7, 11) is 0. The Morgan fingerprint density at radius 3 is 2.44 bits per heavy atom. The monoisotopic (exact) mass is 130 g/mol. The van der Waals surface area contributed by atoms with Gasteiger partial charge in [0, 0.05) is 6.54 Å². The van der Waals surface area contributed by atoms with Crippen LogP contribution in [0.2, 0.25) is 0 Å². The lowest BCUT2D eigenvalue weighted by molar-refractivity contribution is -0.183. The molecule has 0 unspecified atom stereocenters. The Morgan fingerprint density at radius 2 is 2.33 bits per heavy atom. The largest absolute Gasteiger partial charge is 0.276 e. The van der Waals surface area contributed by atoms with Crippen LogP contribution < -0.4 is 0 Å². The van der Waals surface area contributed by atoms with Gasteiger partial charge in [0.05, 0.1) is 6.10 Å². The van der Waals surface area contributed by atoms with Crippen LogP contribution >= 0.6 is 0 Å². The van der Waals surface area contributed by atoms with E-state index >= 15 is 0 Å². The van der Waals surface area contributed by atoms with Crippen LogP contribution in [0.4, 0.5) is 0 Å². The Bertz CT molecular complexity index is 83.1. The van der Waals surface area contributed by atoms with E-state index < -0.39 is 0 Å². The Labute approximate surface area is 55.6 Å². The molecule has 0 aliphatic rings. The van der Waals surface area contributed by atoms with Gasteiger partial charge in [0.1, 0.15) is 0 Å². The molecule has 0 spiro atoms. The Morgan fingerprint density at radius 1 is 1.78 bits per heavy atom. The van der Waals surface area contributed by atoms with E-state index in [1.165, 1.54) is 0 Å². The zero-order valence-electron chi connectivity index (χ0n) is 5.83. The topological polar surface area (TPSA) is 29.5 Å². The van der Waals surface area contributed by atoms with Crippen LogP contribution in [0.3, 0.4) is 0 Å². The van der Waals surface area contributed by atoms with Gasteiger partial charge in [-0.2, -0.15) is 0 Å². The minimum atomic E-state index is 0.0388. The van der Waals surface area contributed by atoms with E-state index in [9.17, 15) is 4.79 Å². The van der Waals surface area contributed by atoms with E-state index in [0.717, 1.165) is 5.06 Å². The number of rotatable bonds is 4. The van der Waals surface area contributed by atoms with Gasteiger partial charge >= 0.3 is 0 Å². The molecule has 1 radical (unpaired) electrons. The summed E-state index contributed by atoms with van der Waals surface area (Å²) in [5.74, 6) is 0. The van der Waals surface area contributed by atoms with Crippen molar-refractivity contribution in [1.29, 1.82) is 0 Å². The molecule has 0 atom stereocenters. The van der Waals surface area contributed by atoms with E-state index in [4.69, 9.17) is 4.84 Å². The molecule has 0 aliphatic heterocycles. The molecule has 0 aromatic heterocycles. The van der Waals surface area contributed by atoms with Crippen molar-refractivity contribution >= 4 is 6.41 Å². The van der Waals surface area contributed by atoms with Crippen molar-refractivity contribution in [3.63, 3.8) is 0 Å². The van der Waals surface area contributed by atoms with Crippen LogP contribution in [0.15, 0.2) is 0 Å². The van der Waals surface area contributed by atoms with Crippen molar-refractivity contribution < 1.29 is 9.63 Å². The summed E-state index contributed by atoms with van der Waals surface area (Å²) in [6, 6.07) is 0. The van der Waals surface area contributed by atoms with E-state index in [-0.39, 0.29) is 6.10 Å². The third-order valence-corrected chi connectivity index (χ3v) is 0.684. The highest BCUT2D eigenvalue weighted by molar-refractivity contribution is 5.44. The molecule has 3 heteroatoms. The van der Waals surface area contributed by atoms with Gasteiger partial charge in [-0.05, 0) is 20.8 Å². The standard InChI is InChI=1S/C6H12NO2/c1-4-7(5-8)9-6(2)3/h5-6H,1,4H2,2-3H3. The summed E-state index contributed by atoms with van der Waals surface area (Å²) in [5, 5.41) is 1.16. The minimum Gasteiger partial charge on any atom is -0.276 e. The van der Waals surface area contributed by atoms with Crippen molar-refractivity contribution in [2.75, 3.05) is 6.54 Å². The Balaban J connectivity index is 3.42. The molecule has 0 bridgehead atoms. The lowest BCUT2D eigenvalue weighted by Gasteiger charge is -2.16. The molecule has 0 aromatic rings. The first-order chi connectivity index (χ1) is 4.20. The van der Waals surface area contributed by atoms with E-state index in [1.807, 2.05) is 13.8 Å². The summed E-state index contributed by atoms with van der Waals surface area (Å²) in [4.78, 5) is 15.0. The van der Waals surface area contributed by atoms with E-state index in [2.05, 4.69) is 6.92 Å². The second-order valence-corrected chi connectivity index (χ2v) is 1.90. The first-order valence-corrected chi connectivity index (χ1v) is 2.88. The highest BCUT2D eigenvalue weighted by Crippen LogP contribution is 1.91. The van der Waals surface area contributed by atoms with Crippen LogP contribution in [0.25, 0.3) is 0 Å². The fourth-order valence-corrected chi connectivity index (χ4v) is 0.401. The first-order valence-electron chi connectivity index (χ1n) is 2.88. The quantitative estimate of drug-likeness (QED) is 0.412. The molecule has 1 amide bonds. The van der Waals surface area contributed by atoms with Gasteiger partial charge in [0.25, 0.3) is 0 Å². The zero-order valence-corrected chi connectivity index (χ0v) is 5.83. The van der Waals surface area contributed by atoms with Gasteiger partial charge in [-0.15, -0.1) is 0 Å². The smallest absolute Gasteiger partial charge is 0.233 e. The Hall–Kier alpha value is -0.570. The van der Waals surface area contributed by atoms with Crippen molar-refractivity contribution in [3.8, 4) is 0 Å². The number of carbonyl (C=O) groups excluding carboxylic acids is 1. The van der Waals surface area contributed by atoms with Gasteiger partial charge in [0.15, 0.2) is 0 Å². The molecule has 0 saturated carbocycles. The molecule has 0 rings (SSSR count). The summed E-state index contributed by atoms with van der Waals surface area (Å²) in [6.07, 6.45) is 0.657. The van der Waals surface area contributed by atoms with Crippen LogP contribution in [0.5, 0.6) is 0 Å². The SMILES string of the molecule is [CH2]CN(C=O)OC(C)C. The fourth-order valence-electron chi connectivity index (χ4n) is 0.401. The van der Waals surface area contributed by atoms with Crippen LogP contribution in [-0.2, 0) is 9.63 Å². The highest BCUT2D eigenvalue weighted by Gasteiger charge is 1.99. The number of hydrogen-bond acceptors (Lipinski definition) is 2. The third kappa shape index (κ3) is 3.97.